The van der Waals surface area contributed by atoms with Crippen molar-refractivity contribution in [2.75, 3.05) is 26.2 Å². The van der Waals surface area contributed by atoms with Crippen LogP contribution in [0.2, 0.25) is 10.0 Å². The number of hydrogen-bond donors (Lipinski definition) is 1. The molecule has 1 aromatic carbocycles. The van der Waals surface area contributed by atoms with E-state index in [1.807, 2.05) is 11.0 Å². The molecule has 1 saturated heterocycles. The summed E-state index contributed by atoms with van der Waals surface area (Å²) in [5.41, 5.74) is 0.883. The van der Waals surface area contributed by atoms with E-state index in [-0.39, 0.29) is 6.03 Å². The molecule has 0 aromatic heterocycles. The molecule has 1 heterocycles. The number of nitrogens with one attached hydrogen (secondary N) is 1. The number of piperazine rings is 1. The molecular weight excluding hydrogens is 333 g/mol. The molecule has 1 saturated carbocycles. The molecule has 2 amide bonds. The largest absolute Gasteiger partial charge is 0.334 e. The van der Waals surface area contributed by atoms with E-state index in [9.17, 15) is 4.79 Å². The molecule has 23 heavy (non-hydrogen) atoms. The predicted octanol–water partition coefficient (Wildman–Crippen LogP) is 3.76. The minimum atomic E-state index is -0.0120. The van der Waals surface area contributed by atoms with Gasteiger partial charge in [0.2, 0.25) is 0 Å². The SMILES string of the molecule is O=C(NCc1ccc(Cl)cc1Cl)N1CCN(C2CCCC2)CC1. The molecule has 0 unspecified atom stereocenters. The quantitative estimate of drug-likeness (QED) is 0.895. The molecule has 2 fully saturated rings. The maximum Gasteiger partial charge on any atom is 0.317 e. The van der Waals surface area contributed by atoms with Gasteiger partial charge < -0.3 is 10.2 Å². The lowest BCUT2D eigenvalue weighted by Gasteiger charge is -2.38. The predicted molar refractivity (Wildman–Crippen MR) is 94.1 cm³/mol. The number of hydrogen-bond acceptors (Lipinski definition) is 2. The smallest absolute Gasteiger partial charge is 0.317 e. The standard InChI is InChI=1S/C17H23Cl2N3O/c18-14-6-5-13(16(19)11-14)12-20-17(23)22-9-7-21(8-10-22)15-3-1-2-4-15/h5-6,11,15H,1-4,7-10,12H2,(H,20,23). The van der Waals surface area contributed by atoms with Crippen molar-refractivity contribution in [1.82, 2.24) is 15.1 Å². The van der Waals surface area contributed by atoms with Gasteiger partial charge in [0.15, 0.2) is 0 Å². The van der Waals surface area contributed by atoms with Crippen LogP contribution in [0.15, 0.2) is 18.2 Å². The van der Waals surface area contributed by atoms with E-state index in [4.69, 9.17) is 23.2 Å². The summed E-state index contributed by atoms with van der Waals surface area (Å²) >= 11 is 12.0. The normalized spacial score (nSPS) is 20.0. The fourth-order valence-corrected chi connectivity index (χ4v) is 3.98. The number of rotatable bonds is 3. The first kappa shape index (κ1) is 16.9. The van der Waals surface area contributed by atoms with Crippen LogP contribution in [-0.2, 0) is 6.54 Å². The Balaban J connectivity index is 1.46. The highest BCUT2D eigenvalue weighted by Gasteiger charge is 2.27. The third kappa shape index (κ3) is 4.31. The van der Waals surface area contributed by atoms with Crippen LogP contribution in [-0.4, -0.2) is 48.1 Å². The number of amides is 2. The summed E-state index contributed by atoms with van der Waals surface area (Å²) in [4.78, 5) is 16.8. The van der Waals surface area contributed by atoms with Gasteiger partial charge in [0.25, 0.3) is 0 Å². The molecule has 0 spiro atoms. The number of halogens is 2. The fraction of sp³-hybridized carbons (Fsp3) is 0.588. The van der Waals surface area contributed by atoms with Crippen molar-refractivity contribution < 1.29 is 4.79 Å². The van der Waals surface area contributed by atoms with Gasteiger partial charge in [-0.05, 0) is 30.5 Å². The molecule has 4 nitrogen and oxygen atoms in total. The second-order valence-electron chi connectivity index (χ2n) is 6.36. The van der Waals surface area contributed by atoms with E-state index in [0.29, 0.717) is 16.6 Å². The average Bonchev–Trinajstić information content (AvgIpc) is 3.08. The molecule has 1 aliphatic heterocycles. The zero-order valence-electron chi connectivity index (χ0n) is 13.2. The number of carbonyl (C=O) groups is 1. The Bertz CT molecular complexity index is 553. The first-order valence-electron chi connectivity index (χ1n) is 8.34. The highest BCUT2D eigenvalue weighted by molar-refractivity contribution is 6.35. The van der Waals surface area contributed by atoms with Gasteiger partial charge in [-0.15, -0.1) is 0 Å². The van der Waals surface area contributed by atoms with Gasteiger partial charge in [0, 0.05) is 48.8 Å². The summed E-state index contributed by atoms with van der Waals surface area (Å²) in [6, 6.07) is 6.07. The summed E-state index contributed by atoms with van der Waals surface area (Å²) in [6.45, 7) is 4.00. The van der Waals surface area contributed by atoms with Crippen molar-refractivity contribution >= 4 is 29.2 Å². The fourth-order valence-electron chi connectivity index (χ4n) is 3.51. The van der Waals surface area contributed by atoms with Crippen LogP contribution in [0.5, 0.6) is 0 Å². The Labute approximate surface area is 147 Å². The second kappa shape index (κ2) is 7.73. The Kier molecular flexibility index (Phi) is 5.67. The van der Waals surface area contributed by atoms with Crippen molar-refractivity contribution in [3.8, 4) is 0 Å². The monoisotopic (exact) mass is 355 g/mol. The van der Waals surface area contributed by atoms with Gasteiger partial charge in [-0.1, -0.05) is 42.1 Å². The molecule has 3 rings (SSSR count). The van der Waals surface area contributed by atoms with Crippen LogP contribution in [0.4, 0.5) is 4.79 Å². The molecule has 1 aromatic rings. The van der Waals surface area contributed by atoms with Crippen molar-refractivity contribution in [1.29, 1.82) is 0 Å². The molecule has 0 radical (unpaired) electrons. The Hall–Kier alpha value is -0.970. The third-order valence-electron chi connectivity index (χ3n) is 4.89. The second-order valence-corrected chi connectivity index (χ2v) is 7.20. The van der Waals surface area contributed by atoms with Crippen LogP contribution in [0, 0.1) is 0 Å². The average molecular weight is 356 g/mol. The lowest BCUT2D eigenvalue weighted by molar-refractivity contribution is 0.109. The minimum absolute atomic E-state index is 0.0120. The van der Waals surface area contributed by atoms with Crippen LogP contribution in [0.3, 0.4) is 0 Å². The number of nitrogens with zero attached hydrogens (tertiary/aromatic N) is 2. The number of carbonyl (C=O) groups excluding carboxylic acids is 1. The van der Waals surface area contributed by atoms with E-state index in [2.05, 4.69) is 10.2 Å². The van der Waals surface area contributed by atoms with Crippen LogP contribution in [0.1, 0.15) is 31.2 Å². The van der Waals surface area contributed by atoms with Crippen molar-refractivity contribution in [3.05, 3.63) is 33.8 Å². The van der Waals surface area contributed by atoms with E-state index < -0.39 is 0 Å². The van der Waals surface area contributed by atoms with Gasteiger partial charge >= 0.3 is 6.03 Å². The summed E-state index contributed by atoms with van der Waals surface area (Å²) < 4.78 is 0. The van der Waals surface area contributed by atoms with Gasteiger partial charge in [-0.3, -0.25) is 4.90 Å². The van der Waals surface area contributed by atoms with Gasteiger partial charge in [-0.25, -0.2) is 4.79 Å². The molecule has 0 atom stereocenters. The summed E-state index contributed by atoms with van der Waals surface area (Å²) in [7, 11) is 0. The van der Waals surface area contributed by atoms with Gasteiger partial charge in [0.05, 0.1) is 0 Å². The zero-order chi connectivity index (χ0) is 16.2. The molecule has 1 N–H and O–H groups in total. The van der Waals surface area contributed by atoms with Crippen LogP contribution in [0.25, 0.3) is 0 Å². The molecule has 0 bridgehead atoms. The Morgan fingerprint density at radius 2 is 1.83 bits per heavy atom. The Morgan fingerprint density at radius 3 is 2.48 bits per heavy atom. The maximum atomic E-state index is 12.3. The van der Waals surface area contributed by atoms with E-state index in [1.165, 1.54) is 25.7 Å². The first-order valence-corrected chi connectivity index (χ1v) is 9.10. The first-order chi connectivity index (χ1) is 11.1. The zero-order valence-corrected chi connectivity index (χ0v) is 14.7. The minimum Gasteiger partial charge on any atom is -0.334 e. The lowest BCUT2D eigenvalue weighted by atomic mass is 10.2. The van der Waals surface area contributed by atoms with Crippen molar-refractivity contribution in [2.45, 2.75) is 38.3 Å². The number of benzene rings is 1. The van der Waals surface area contributed by atoms with Gasteiger partial charge in [0.1, 0.15) is 0 Å². The van der Waals surface area contributed by atoms with Crippen LogP contribution < -0.4 is 5.32 Å². The van der Waals surface area contributed by atoms with Gasteiger partial charge in [-0.2, -0.15) is 0 Å². The van der Waals surface area contributed by atoms with Crippen molar-refractivity contribution in [3.63, 3.8) is 0 Å². The molecular formula is C17H23Cl2N3O. The highest BCUT2D eigenvalue weighted by atomic mass is 35.5. The van der Waals surface area contributed by atoms with E-state index in [0.717, 1.165) is 37.8 Å². The van der Waals surface area contributed by atoms with Crippen molar-refractivity contribution in [2.24, 2.45) is 0 Å². The van der Waals surface area contributed by atoms with E-state index in [1.54, 1.807) is 12.1 Å². The topological polar surface area (TPSA) is 35.6 Å². The highest BCUT2D eigenvalue weighted by Crippen LogP contribution is 2.24. The summed E-state index contributed by atoms with van der Waals surface area (Å²) in [5.74, 6) is 0. The van der Waals surface area contributed by atoms with E-state index >= 15 is 0 Å². The summed E-state index contributed by atoms with van der Waals surface area (Å²) in [5, 5.41) is 4.15. The maximum absolute atomic E-state index is 12.3. The Morgan fingerprint density at radius 1 is 1.13 bits per heavy atom. The van der Waals surface area contributed by atoms with Crippen LogP contribution >= 0.6 is 23.2 Å². The molecule has 126 valence electrons. The molecule has 1 aliphatic carbocycles. The molecule has 2 aliphatic rings. The summed E-state index contributed by atoms with van der Waals surface area (Å²) in [6.07, 6.45) is 5.35. The lowest BCUT2D eigenvalue weighted by Crippen LogP contribution is -2.53. The number of urea groups is 1. The third-order valence-corrected chi connectivity index (χ3v) is 5.47. The molecule has 6 heteroatoms.